The summed E-state index contributed by atoms with van der Waals surface area (Å²) < 4.78 is 6.58. The average Bonchev–Trinajstić information content (AvgIpc) is 2.73. The Bertz CT molecular complexity index is 364. The Morgan fingerprint density at radius 1 is 1.56 bits per heavy atom. The molecule has 0 amide bonds. The van der Waals surface area contributed by atoms with Crippen LogP contribution in [-0.4, -0.2) is 30.6 Å². The number of furan rings is 1. The van der Waals surface area contributed by atoms with E-state index in [4.69, 9.17) is 4.42 Å². The minimum absolute atomic E-state index is 0.583. The van der Waals surface area contributed by atoms with Crippen LogP contribution in [0.15, 0.2) is 21.2 Å². The predicted octanol–water partition coefficient (Wildman–Crippen LogP) is 3.25. The Labute approximate surface area is 118 Å². The maximum Gasteiger partial charge on any atom is 0.131 e. The largest absolute Gasteiger partial charge is 0.467 e. The van der Waals surface area contributed by atoms with Crippen LogP contribution in [0.2, 0.25) is 0 Å². The number of nitrogens with one attached hydrogen (secondary N) is 1. The van der Waals surface area contributed by atoms with Gasteiger partial charge in [-0.05, 0) is 53.8 Å². The summed E-state index contributed by atoms with van der Waals surface area (Å²) in [6, 6.07) is 2.55. The van der Waals surface area contributed by atoms with Gasteiger partial charge in [-0.3, -0.25) is 4.90 Å². The minimum atomic E-state index is 0.583. The molecule has 0 saturated carbocycles. The molecule has 4 heteroatoms. The Kier molecular flexibility index (Phi) is 5.27. The van der Waals surface area contributed by atoms with Crippen molar-refractivity contribution < 1.29 is 4.42 Å². The van der Waals surface area contributed by atoms with Gasteiger partial charge in [-0.1, -0.05) is 13.8 Å². The summed E-state index contributed by atoms with van der Waals surface area (Å²) in [6.45, 7) is 8.83. The van der Waals surface area contributed by atoms with Crippen LogP contribution >= 0.6 is 15.9 Å². The monoisotopic (exact) mass is 314 g/mol. The van der Waals surface area contributed by atoms with Crippen LogP contribution in [0.1, 0.15) is 32.4 Å². The van der Waals surface area contributed by atoms with Crippen LogP contribution in [0.25, 0.3) is 0 Å². The summed E-state index contributed by atoms with van der Waals surface area (Å²) >= 11 is 3.53. The lowest BCUT2D eigenvalue weighted by Crippen LogP contribution is -2.40. The van der Waals surface area contributed by atoms with E-state index < -0.39 is 0 Å². The normalized spacial score (nSPS) is 21.7. The van der Waals surface area contributed by atoms with E-state index in [2.05, 4.69) is 40.0 Å². The van der Waals surface area contributed by atoms with Gasteiger partial charge in [0.1, 0.15) is 5.76 Å². The van der Waals surface area contributed by atoms with Crippen LogP contribution in [0.3, 0.4) is 0 Å². The highest BCUT2D eigenvalue weighted by Crippen LogP contribution is 2.23. The fraction of sp³-hybridized carbons (Fsp3) is 0.714. The highest BCUT2D eigenvalue weighted by Gasteiger charge is 2.21. The number of rotatable bonds is 5. The van der Waals surface area contributed by atoms with Gasteiger partial charge in [0, 0.05) is 12.6 Å². The van der Waals surface area contributed by atoms with E-state index in [1.807, 2.05) is 6.07 Å². The second-order valence-electron chi connectivity index (χ2n) is 5.50. The summed E-state index contributed by atoms with van der Waals surface area (Å²) in [5, 5.41) is 3.55. The Morgan fingerprint density at radius 2 is 2.39 bits per heavy atom. The van der Waals surface area contributed by atoms with Gasteiger partial charge in [0.25, 0.3) is 0 Å². The predicted molar refractivity (Wildman–Crippen MR) is 77.5 cm³/mol. The van der Waals surface area contributed by atoms with Gasteiger partial charge < -0.3 is 9.73 Å². The molecule has 0 aliphatic carbocycles. The highest BCUT2D eigenvalue weighted by atomic mass is 79.9. The molecule has 1 aromatic rings. The molecule has 1 atom stereocenters. The third-order valence-electron chi connectivity index (χ3n) is 3.48. The Balaban J connectivity index is 1.81. The standard InChI is InChI=1S/C14H23BrN2O/c1-11(2)16-8-12-4-3-6-17(9-12)10-14-13(15)5-7-18-14/h5,7,11-12,16H,3-4,6,8-10H2,1-2H3. The molecule has 0 radical (unpaired) electrons. The van der Waals surface area contributed by atoms with Gasteiger partial charge in [0.15, 0.2) is 0 Å². The van der Waals surface area contributed by atoms with Gasteiger partial charge in [0.05, 0.1) is 17.3 Å². The van der Waals surface area contributed by atoms with Gasteiger partial charge in [-0.25, -0.2) is 0 Å². The number of piperidine rings is 1. The average molecular weight is 315 g/mol. The van der Waals surface area contributed by atoms with Crippen molar-refractivity contribution >= 4 is 15.9 Å². The first-order valence-electron chi connectivity index (χ1n) is 6.82. The Morgan fingerprint density at radius 3 is 3.06 bits per heavy atom. The Hall–Kier alpha value is -0.320. The fourth-order valence-corrected chi connectivity index (χ4v) is 2.83. The molecule has 2 rings (SSSR count). The SMILES string of the molecule is CC(C)NCC1CCCN(Cc2occc2Br)C1. The number of hydrogen-bond acceptors (Lipinski definition) is 3. The van der Waals surface area contributed by atoms with Crippen molar-refractivity contribution in [2.45, 2.75) is 39.3 Å². The molecule has 3 nitrogen and oxygen atoms in total. The third-order valence-corrected chi connectivity index (χ3v) is 4.18. The van der Waals surface area contributed by atoms with Gasteiger partial charge in [0.2, 0.25) is 0 Å². The molecule has 0 bridgehead atoms. The van der Waals surface area contributed by atoms with Crippen molar-refractivity contribution in [3.05, 3.63) is 22.6 Å². The highest BCUT2D eigenvalue weighted by molar-refractivity contribution is 9.10. The van der Waals surface area contributed by atoms with E-state index in [1.54, 1.807) is 6.26 Å². The zero-order chi connectivity index (χ0) is 13.0. The second-order valence-corrected chi connectivity index (χ2v) is 6.35. The third kappa shape index (κ3) is 4.11. The van der Waals surface area contributed by atoms with Crippen molar-refractivity contribution in [2.75, 3.05) is 19.6 Å². The number of likely N-dealkylation sites (tertiary alicyclic amines) is 1. The van der Waals surface area contributed by atoms with Crippen molar-refractivity contribution in [2.24, 2.45) is 5.92 Å². The molecule has 2 heterocycles. The molecule has 1 unspecified atom stereocenters. The van der Waals surface area contributed by atoms with Crippen LogP contribution in [0, 0.1) is 5.92 Å². The molecule has 1 N–H and O–H groups in total. The first-order valence-corrected chi connectivity index (χ1v) is 7.62. The van der Waals surface area contributed by atoms with E-state index in [1.165, 1.54) is 25.9 Å². The maximum atomic E-state index is 5.50. The summed E-state index contributed by atoms with van der Waals surface area (Å²) in [5.74, 6) is 1.82. The van der Waals surface area contributed by atoms with E-state index in [0.29, 0.717) is 6.04 Å². The molecule has 0 spiro atoms. The van der Waals surface area contributed by atoms with Gasteiger partial charge in [-0.15, -0.1) is 0 Å². The molecular weight excluding hydrogens is 292 g/mol. The molecule has 18 heavy (non-hydrogen) atoms. The van der Waals surface area contributed by atoms with E-state index in [0.717, 1.165) is 29.2 Å². The lowest BCUT2D eigenvalue weighted by molar-refractivity contribution is 0.153. The zero-order valence-corrected chi connectivity index (χ0v) is 12.9. The zero-order valence-electron chi connectivity index (χ0n) is 11.3. The lowest BCUT2D eigenvalue weighted by Gasteiger charge is -2.32. The number of halogens is 1. The molecule has 1 aliphatic rings. The lowest BCUT2D eigenvalue weighted by atomic mass is 9.97. The number of hydrogen-bond donors (Lipinski definition) is 1. The fourth-order valence-electron chi connectivity index (χ4n) is 2.50. The first kappa shape index (κ1) is 14.1. The molecule has 102 valence electrons. The minimum Gasteiger partial charge on any atom is -0.467 e. The van der Waals surface area contributed by atoms with Crippen molar-refractivity contribution in [3.63, 3.8) is 0 Å². The molecule has 1 saturated heterocycles. The van der Waals surface area contributed by atoms with E-state index >= 15 is 0 Å². The summed E-state index contributed by atoms with van der Waals surface area (Å²) in [7, 11) is 0. The van der Waals surface area contributed by atoms with Crippen LogP contribution in [-0.2, 0) is 6.54 Å². The molecular formula is C14H23BrN2O. The smallest absolute Gasteiger partial charge is 0.131 e. The quantitative estimate of drug-likeness (QED) is 0.904. The summed E-state index contributed by atoms with van der Waals surface area (Å²) in [4.78, 5) is 2.50. The van der Waals surface area contributed by atoms with Gasteiger partial charge in [-0.2, -0.15) is 0 Å². The topological polar surface area (TPSA) is 28.4 Å². The van der Waals surface area contributed by atoms with E-state index in [9.17, 15) is 0 Å². The van der Waals surface area contributed by atoms with Gasteiger partial charge >= 0.3 is 0 Å². The first-order chi connectivity index (χ1) is 8.65. The molecule has 1 aromatic heterocycles. The van der Waals surface area contributed by atoms with Crippen molar-refractivity contribution in [1.82, 2.24) is 10.2 Å². The molecule has 0 aromatic carbocycles. The van der Waals surface area contributed by atoms with E-state index in [-0.39, 0.29) is 0 Å². The van der Waals surface area contributed by atoms with Crippen LogP contribution < -0.4 is 5.32 Å². The number of nitrogens with zero attached hydrogens (tertiary/aromatic N) is 1. The molecule has 1 fully saturated rings. The summed E-state index contributed by atoms with van der Waals surface area (Å²) in [6.07, 6.45) is 4.39. The van der Waals surface area contributed by atoms with Crippen LogP contribution in [0.5, 0.6) is 0 Å². The van der Waals surface area contributed by atoms with Crippen LogP contribution in [0.4, 0.5) is 0 Å². The second kappa shape index (κ2) is 6.73. The summed E-state index contributed by atoms with van der Waals surface area (Å²) in [5.41, 5.74) is 0. The molecule has 1 aliphatic heterocycles. The van der Waals surface area contributed by atoms with Crippen molar-refractivity contribution in [3.8, 4) is 0 Å². The van der Waals surface area contributed by atoms with Crippen molar-refractivity contribution in [1.29, 1.82) is 0 Å². The maximum absolute atomic E-state index is 5.50.